The van der Waals surface area contributed by atoms with Crippen molar-refractivity contribution in [3.05, 3.63) is 0 Å². The maximum absolute atomic E-state index is 8.74. The molecule has 2 nitrogen and oxygen atoms in total. The molecule has 2 heteroatoms. The number of terminal acetylenes is 1. The lowest BCUT2D eigenvalue weighted by molar-refractivity contribution is 0.197. The van der Waals surface area contributed by atoms with Crippen molar-refractivity contribution in [3.8, 4) is 12.3 Å². The summed E-state index contributed by atoms with van der Waals surface area (Å²) in [5.74, 6) is 2.61. The van der Waals surface area contributed by atoms with Crippen molar-refractivity contribution in [2.45, 2.75) is 26.2 Å². The third kappa shape index (κ3) is 6.21. The molecule has 0 amide bonds. The van der Waals surface area contributed by atoms with Crippen LogP contribution in [0, 0.1) is 12.3 Å². The lowest BCUT2D eigenvalue weighted by Crippen LogP contribution is -2.28. The average molecular weight is 169 g/mol. The molecule has 0 aliphatic rings. The molecule has 12 heavy (non-hydrogen) atoms. The molecule has 0 aromatic heterocycles. The van der Waals surface area contributed by atoms with Crippen LogP contribution in [0.3, 0.4) is 0 Å². The van der Waals surface area contributed by atoms with Gasteiger partial charge in [0, 0.05) is 19.5 Å². The minimum absolute atomic E-state index is 0.230. The molecular weight excluding hydrogens is 150 g/mol. The second-order valence-corrected chi connectivity index (χ2v) is 2.87. The van der Waals surface area contributed by atoms with Crippen molar-refractivity contribution in [1.82, 2.24) is 4.90 Å². The van der Waals surface area contributed by atoms with Crippen LogP contribution in [0.15, 0.2) is 0 Å². The van der Waals surface area contributed by atoms with Gasteiger partial charge in [-0.2, -0.15) is 0 Å². The van der Waals surface area contributed by atoms with Crippen LogP contribution in [0.2, 0.25) is 0 Å². The highest BCUT2D eigenvalue weighted by atomic mass is 16.3. The zero-order valence-electron chi connectivity index (χ0n) is 7.92. The molecule has 70 valence electrons. The molecule has 0 saturated heterocycles. The molecule has 0 aliphatic carbocycles. The Bertz CT molecular complexity index is 128. The summed E-state index contributed by atoms with van der Waals surface area (Å²) in [5, 5.41) is 8.74. The van der Waals surface area contributed by atoms with E-state index >= 15 is 0 Å². The van der Waals surface area contributed by atoms with Gasteiger partial charge in [0.05, 0.1) is 6.61 Å². The number of aliphatic hydroxyl groups is 1. The molecule has 0 spiro atoms. The summed E-state index contributed by atoms with van der Waals surface area (Å²) < 4.78 is 0. The van der Waals surface area contributed by atoms with Gasteiger partial charge in [0.15, 0.2) is 0 Å². The zero-order chi connectivity index (χ0) is 9.23. The summed E-state index contributed by atoms with van der Waals surface area (Å²) in [6.07, 6.45) is 8.32. The van der Waals surface area contributed by atoms with E-state index in [1.54, 1.807) is 0 Å². The van der Waals surface area contributed by atoms with Crippen LogP contribution < -0.4 is 0 Å². The molecule has 0 fully saturated rings. The van der Waals surface area contributed by atoms with E-state index in [0.29, 0.717) is 0 Å². The maximum atomic E-state index is 8.74. The monoisotopic (exact) mass is 169 g/mol. The van der Waals surface area contributed by atoms with Crippen LogP contribution in [-0.2, 0) is 0 Å². The first kappa shape index (κ1) is 11.5. The van der Waals surface area contributed by atoms with Crippen LogP contribution >= 0.6 is 0 Å². The molecule has 0 aromatic carbocycles. The first-order chi connectivity index (χ1) is 5.85. The van der Waals surface area contributed by atoms with Gasteiger partial charge < -0.3 is 10.0 Å². The fourth-order valence-corrected chi connectivity index (χ4v) is 1.08. The van der Waals surface area contributed by atoms with Gasteiger partial charge in [-0.25, -0.2) is 0 Å². The van der Waals surface area contributed by atoms with Gasteiger partial charge in [0.2, 0.25) is 0 Å². The van der Waals surface area contributed by atoms with E-state index in [9.17, 15) is 0 Å². The third-order valence-corrected chi connectivity index (χ3v) is 1.82. The molecule has 0 bridgehead atoms. The van der Waals surface area contributed by atoms with Gasteiger partial charge in [-0.3, -0.25) is 0 Å². The molecule has 0 aromatic rings. The fraction of sp³-hybridized carbons (Fsp3) is 0.800. The lowest BCUT2D eigenvalue weighted by atomic mass is 10.3. The van der Waals surface area contributed by atoms with Gasteiger partial charge in [0.1, 0.15) is 0 Å². The molecule has 0 heterocycles. The summed E-state index contributed by atoms with van der Waals surface area (Å²) in [5.41, 5.74) is 0. The highest BCUT2D eigenvalue weighted by Crippen LogP contribution is 1.95. The maximum Gasteiger partial charge on any atom is 0.0558 e. The van der Waals surface area contributed by atoms with E-state index in [4.69, 9.17) is 11.5 Å². The minimum Gasteiger partial charge on any atom is -0.395 e. The standard InChI is InChI=1S/C10H19NO/c1-3-5-7-11(9-10-12)8-6-4-2/h1,12H,4-10H2,2H3. The van der Waals surface area contributed by atoms with E-state index in [2.05, 4.69) is 17.7 Å². The summed E-state index contributed by atoms with van der Waals surface area (Å²) in [7, 11) is 0. The average Bonchev–Trinajstić information content (AvgIpc) is 2.10. The van der Waals surface area contributed by atoms with Crippen LogP contribution in [0.4, 0.5) is 0 Å². The second-order valence-electron chi connectivity index (χ2n) is 2.87. The van der Waals surface area contributed by atoms with Crippen molar-refractivity contribution in [2.24, 2.45) is 0 Å². The Hall–Kier alpha value is -0.520. The summed E-state index contributed by atoms with van der Waals surface area (Å²) in [6, 6.07) is 0. The highest BCUT2D eigenvalue weighted by molar-refractivity contribution is 4.84. The Morgan fingerprint density at radius 2 is 2.08 bits per heavy atom. The smallest absolute Gasteiger partial charge is 0.0558 e. The number of rotatable bonds is 7. The number of aliphatic hydroxyl groups excluding tert-OH is 1. The predicted octanol–water partition coefficient (Wildman–Crippen LogP) is 1.10. The Labute approximate surface area is 75.6 Å². The Morgan fingerprint density at radius 3 is 2.58 bits per heavy atom. The van der Waals surface area contributed by atoms with Crippen LogP contribution in [-0.4, -0.2) is 36.2 Å². The van der Waals surface area contributed by atoms with E-state index in [0.717, 1.165) is 26.1 Å². The third-order valence-electron chi connectivity index (χ3n) is 1.82. The van der Waals surface area contributed by atoms with E-state index in [1.165, 1.54) is 12.8 Å². The van der Waals surface area contributed by atoms with Gasteiger partial charge >= 0.3 is 0 Å². The molecule has 0 aliphatic heterocycles. The highest BCUT2D eigenvalue weighted by Gasteiger charge is 2.00. The quantitative estimate of drug-likeness (QED) is 0.577. The molecule has 0 atom stereocenters. The predicted molar refractivity (Wildman–Crippen MR) is 51.9 cm³/mol. The molecule has 0 rings (SSSR count). The number of nitrogens with zero attached hydrogens (tertiary/aromatic N) is 1. The van der Waals surface area contributed by atoms with E-state index in [-0.39, 0.29) is 6.61 Å². The Balaban J connectivity index is 3.48. The van der Waals surface area contributed by atoms with Crippen molar-refractivity contribution in [2.75, 3.05) is 26.2 Å². The molecule has 0 saturated carbocycles. The second kappa shape index (κ2) is 8.58. The topological polar surface area (TPSA) is 23.5 Å². The Morgan fingerprint density at radius 1 is 1.33 bits per heavy atom. The molecular formula is C10H19NO. The molecule has 1 N–H and O–H groups in total. The van der Waals surface area contributed by atoms with Gasteiger partial charge in [0.25, 0.3) is 0 Å². The van der Waals surface area contributed by atoms with Crippen molar-refractivity contribution < 1.29 is 5.11 Å². The van der Waals surface area contributed by atoms with Crippen molar-refractivity contribution in [3.63, 3.8) is 0 Å². The summed E-state index contributed by atoms with van der Waals surface area (Å²) in [4.78, 5) is 2.21. The van der Waals surface area contributed by atoms with Gasteiger partial charge in [-0.05, 0) is 13.0 Å². The summed E-state index contributed by atoms with van der Waals surface area (Å²) in [6.45, 7) is 5.12. The number of hydrogen-bond donors (Lipinski definition) is 1. The molecule has 0 radical (unpaired) electrons. The SMILES string of the molecule is C#CCCN(CCO)CCCC. The van der Waals surface area contributed by atoms with Crippen molar-refractivity contribution >= 4 is 0 Å². The number of unbranched alkanes of at least 4 members (excludes halogenated alkanes) is 1. The van der Waals surface area contributed by atoms with Crippen LogP contribution in [0.5, 0.6) is 0 Å². The van der Waals surface area contributed by atoms with Crippen molar-refractivity contribution in [1.29, 1.82) is 0 Å². The van der Waals surface area contributed by atoms with Gasteiger partial charge in [-0.15, -0.1) is 12.3 Å². The molecule has 0 unspecified atom stereocenters. The largest absolute Gasteiger partial charge is 0.395 e. The minimum atomic E-state index is 0.230. The fourth-order valence-electron chi connectivity index (χ4n) is 1.08. The normalized spacial score (nSPS) is 10.2. The first-order valence-corrected chi connectivity index (χ1v) is 4.61. The van der Waals surface area contributed by atoms with Crippen LogP contribution in [0.25, 0.3) is 0 Å². The lowest BCUT2D eigenvalue weighted by Gasteiger charge is -2.19. The van der Waals surface area contributed by atoms with Gasteiger partial charge in [-0.1, -0.05) is 13.3 Å². The Kier molecular flexibility index (Phi) is 8.20. The number of hydrogen-bond acceptors (Lipinski definition) is 2. The van der Waals surface area contributed by atoms with Crippen LogP contribution in [0.1, 0.15) is 26.2 Å². The zero-order valence-corrected chi connectivity index (χ0v) is 7.92. The summed E-state index contributed by atoms with van der Waals surface area (Å²) >= 11 is 0. The van der Waals surface area contributed by atoms with E-state index < -0.39 is 0 Å². The first-order valence-electron chi connectivity index (χ1n) is 4.61. The van der Waals surface area contributed by atoms with E-state index in [1.807, 2.05) is 0 Å².